The van der Waals surface area contributed by atoms with Gasteiger partial charge < -0.3 is 17.1 Å². The number of halogens is 1. The number of methoxy groups -OCH3 is 1. The zero-order valence-electron chi connectivity index (χ0n) is 10.7. The highest BCUT2D eigenvalue weighted by Crippen LogP contribution is 2.13. The van der Waals surface area contributed by atoms with Crippen molar-refractivity contribution in [3.63, 3.8) is 0 Å². The molecule has 2 heterocycles. The molecule has 3 rings (SSSR count). The summed E-state index contributed by atoms with van der Waals surface area (Å²) in [5.74, 6) is 0.894. The lowest BCUT2D eigenvalue weighted by molar-refractivity contribution is -0.510. The van der Waals surface area contributed by atoms with Crippen LogP contribution >= 0.6 is 0 Å². The summed E-state index contributed by atoms with van der Waals surface area (Å²) >= 11 is 0. The number of pyridine rings is 1. The number of benzene rings is 1. The van der Waals surface area contributed by atoms with Gasteiger partial charge in [-0.1, -0.05) is 18.2 Å². The molecule has 98 valence electrons. The van der Waals surface area contributed by atoms with Gasteiger partial charge >= 0.3 is 0 Å². The predicted molar refractivity (Wildman–Crippen MR) is 69.7 cm³/mol. The largest absolute Gasteiger partial charge is 1.00 e. The van der Waals surface area contributed by atoms with E-state index in [0.717, 1.165) is 12.3 Å². The Balaban J connectivity index is 0.00000133. The van der Waals surface area contributed by atoms with E-state index in [1.807, 2.05) is 18.2 Å². The summed E-state index contributed by atoms with van der Waals surface area (Å²) in [4.78, 5) is 0. The van der Waals surface area contributed by atoms with Gasteiger partial charge in [0.05, 0.1) is 13.3 Å². The average molecular weight is 275 g/mol. The van der Waals surface area contributed by atoms with E-state index in [9.17, 15) is 0 Å². The molecule has 0 amide bonds. The van der Waals surface area contributed by atoms with Gasteiger partial charge in [0.25, 0.3) is 5.65 Å². The van der Waals surface area contributed by atoms with Crippen LogP contribution in [0.4, 0.5) is 0 Å². The normalized spacial score (nSPS) is 10.2. The Kier molecular flexibility index (Phi) is 4.07. The molecule has 0 unspecified atom stereocenters. The maximum Gasteiger partial charge on any atom is 0.286 e. The van der Waals surface area contributed by atoms with Crippen LogP contribution in [0.5, 0.6) is 5.75 Å². The molecule has 0 spiro atoms. The predicted octanol–water partition coefficient (Wildman–Crippen LogP) is -0.712. The van der Waals surface area contributed by atoms with Gasteiger partial charge in [-0.25, -0.2) is 8.97 Å². The van der Waals surface area contributed by atoms with E-state index in [1.165, 1.54) is 11.2 Å². The van der Waals surface area contributed by atoms with Gasteiger partial charge in [-0.05, 0) is 23.8 Å². The van der Waals surface area contributed by atoms with Crippen LogP contribution in [0.15, 0.2) is 61.1 Å². The first-order chi connectivity index (χ1) is 8.86. The molecule has 1 aromatic carbocycles. The zero-order valence-corrected chi connectivity index (χ0v) is 11.4. The van der Waals surface area contributed by atoms with Crippen molar-refractivity contribution in [2.45, 2.75) is 6.54 Å². The highest BCUT2D eigenvalue weighted by molar-refractivity contribution is 5.33. The maximum atomic E-state index is 5.16. The van der Waals surface area contributed by atoms with Crippen molar-refractivity contribution in [2.75, 3.05) is 7.11 Å². The van der Waals surface area contributed by atoms with Crippen LogP contribution in [0, 0.1) is 0 Å². The first-order valence-electron chi connectivity index (χ1n) is 5.95. The Hall–Kier alpha value is -2.00. The van der Waals surface area contributed by atoms with E-state index in [1.54, 1.807) is 7.11 Å². The Morgan fingerprint density at radius 3 is 2.58 bits per heavy atom. The minimum absolute atomic E-state index is 0. The van der Waals surface area contributed by atoms with Crippen molar-refractivity contribution in [2.24, 2.45) is 0 Å². The molecular formula is C15H15ClN2O. The highest BCUT2D eigenvalue weighted by atomic mass is 35.5. The summed E-state index contributed by atoms with van der Waals surface area (Å²) < 4.78 is 9.50. The first-order valence-corrected chi connectivity index (χ1v) is 5.95. The van der Waals surface area contributed by atoms with Crippen LogP contribution in [0.25, 0.3) is 5.65 Å². The zero-order chi connectivity index (χ0) is 12.4. The molecule has 0 saturated heterocycles. The van der Waals surface area contributed by atoms with Gasteiger partial charge in [-0.15, -0.1) is 0 Å². The molecule has 0 bridgehead atoms. The number of hydrogen-bond donors (Lipinski definition) is 0. The average Bonchev–Trinajstić information content (AvgIpc) is 2.83. The second-order valence-corrected chi connectivity index (χ2v) is 4.24. The second kappa shape index (κ2) is 5.76. The van der Waals surface area contributed by atoms with Crippen molar-refractivity contribution < 1.29 is 21.5 Å². The van der Waals surface area contributed by atoms with Gasteiger partial charge in [-0.3, -0.25) is 0 Å². The van der Waals surface area contributed by atoms with Crippen LogP contribution in [-0.4, -0.2) is 11.7 Å². The lowest BCUT2D eigenvalue weighted by Crippen LogP contribution is -3.00. The van der Waals surface area contributed by atoms with Crippen LogP contribution < -0.4 is 21.5 Å². The quantitative estimate of drug-likeness (QED) is 0.577. The Labute approximate surface area is 118 Å². The molecule has 4 heteroatoms. The monoisotopic (exact) mass is 274 g/mol. The van der Waals surface area contributed by atoms with Crippen molar-refractivity contribution in [3.05, 3.63) is 66.6 Å². The third kappa shape index (κ3) is 2.71. The second-order valence-electron chi connectivity index (χ2n) is 4.24. The molecular weight excluding hydrogens is 260 g/mol. The number of nitrogens with zero attached hydrogens (tertiary/aromatic N) is 2. The molecule has 0 atom stereocenters. The number of imidazole rings is 1. The van der Waals surface area contributed by atoms with Crippen LogP contribution in [0.2, 0.25) is 0 Å². The first kappa shape index (κ1) is 13.4. The maximum absolute atomic E-state index is 5.16. The molecule has 3 nitrogen and oxygen atoms in total. The molecule has 0 N–H and O–H groups in total. The van der Waals surface area contributed by atoms with Crippen molar-refractivity contribution in [3.8, 4) is 5.75 Å². The standard InChI is InChI=1S/C15H15N2O.ClH/c1-18-14-7-5-13(6-8-14)12-17-11-10-16-9-3-2-4-15(16)17;/h2-11H,12H2,1H3;1H/q+1;/p-1. The minimum Gasteiger partial charge on any atom is -1.00 e. The molecule has 2 aromatic heterocycles. The molecule has 0 aliphatic heterocycles. The Morgan fingerprint density at radius 1 is 1.05 bits per heavy atom. The highest BCUT2D eigenvalue weighted by Gasteiger charge is 2.08. The van der Waals surface area contributed by atoms with Crippen molar-refractivity contribution >= 4 is 5.65 Å². The summed E-state index contributed by atoms with van der Waals surface area (Å²) in [6.07, 6.45) is 6.22. The van der Waals surface area contributed by atoms with Gasteiger partial charge in [0, 0.05) is 6.07 Å². The molecule has 0 aliphatic rings. The van der Waals surface area contributed by atoms with Crippen LogP contribution in [-0.2, 0) is 6.54 Å². The van der Waals surface area contributed by atoms with E-state index in [4.69, 9.17) is 4.74 Å². The van der Waals surface area contributed by atoms with Gasteiger partial charge in [0.1, 0.15) is 24.7 Å². The third-order valence-corrected chi connectivity index (χ3v) is 3.08. The summed E-state index contributed by atoms with van der Waals surface area (Å²) in [6.45, 7) is 0.866. The van der Waals surface area contributed by atoms with E-state index in [0.29, 0.717) is 0 Å². The number of fused-ring (bicyclic) bond motifs is 1. The smallest absolute Gasteiger partial charge is 0.286 e. The number of aromatic nitrogens is 2. The summed E-state index contributed by atoms with van der Waals surface area (Å²) in [5.41, 5.74) is 2.45. The Morgan fingerprint density at radius 2 is 1.84 bits per heavy atom. The molecule has 3 aromatic rings. The van der Waals surface area contributed by atoms with Gasteiger partial charge in [0.15, 0.2) is 0 Å². The lowest BCUT2D eigenvalue weighted by atomic mass is 10.2. The molecule has 19 heavy (non-hydrogen) atoms. The van der Waals surface area contributed by atoms with Gasteiger partial charge in [-0.2, -0.15) is 0 Å². The van der Waals surface area contributed by atoms with E-state index >= 15 is 0 Å². The number of ether oxygens (including phenoxy) is 1. The van der Waals surface area contributed by atoms with Crippen LogP contribution in [0.3, 0.4) is 0 Å². The summed E-state index contributed by atoms with van der Waals surface area (Å²) in [6, 6.07) is 14.4. The third-order valence-electron chi connectivity index (χ3n) is 3.08. The Bertz CT molecular complexity index is 661. The van der Waals surface area contributed by atoms with Crippen LogP contribution in [0.1, 0.15) is 5.56 Å². The molecule has 0 saturated carbocycles. The van der Waals surface area contributed by atoms with E-state index in [-0.39, 0.29) is 12.4 Å². The minimum atomic E-state index is 0. The SMILES string of the molecule is COc1ccc(Cn2cc[n+]3ccccc23)cc1.[Cl-]. The van der Waals surface area contributed by atoms with Crippen molar-refractivity contribution in [1.29, 1.82) is 0 Å². The molecule has 0 fully saturated rings. The fraction of sp³-hybridized carbons (Fsp3) is 0.133. The van der Waals surface area contributed by atoms with Gasteiger partial charge in [0.2, 0.25) is 0 Å². The fourth-order valence-electron chi connectivity index (χ4n) is 2.11. The molecule has 0 aliphatic carbocycles. The summed E-state index contributed by atoms with van der Waals surface area (Å²) in [5, 5.41) is 0. The number of hydrogen-bond acceptors (Lipinski definition) is 1. The van der Waals surface area contributed by atoms with Crippen molar-refractivity contribution in [1.82, 2.24) is 4.57 Å². The van der Waals surface area contributed by atoms with E-state index in [2.05, 4.69) is 51.8 Å². The fourth-order valence-corrected chi connectivity index (χ4v) is 2.11. The number of rotatable bonds is 3. The lowest BCUT2D eigenvalue weighted by Gasteiger charge is -2.01. The van der Waals surface area contributed by atoms with E-state index < -0.39 is 0 Å². The molecule has 0 radical (unpaired) electrons. The summed E-state index contributed by atoms with van der Waals surface area (Å²) in [7, 11) is 1.69. The topological polar surface area (TPSA) is 18.3 Å².